The molecular formula is C19H22F2. The Morgan fingerprint density at radius 2 is 0.857 bits per heavy atom. The smallest absolute Gasteiger partial charge is 0.129 e. The van der Waals surface area contributed by atoms with Crippen molar-refractivity contribution in [2.75, 3.05) is 0 Å². The third-order valence-electron chi connectivity index (χ3n) is 4.32. The van der Waals surface area contributed by atoms with Crippen molar-refractivity contribution < 1.29 is 8.78 Å². The molecule has 0 aliphatic rings. The predicted molar refractivity (Wildman–Crippen MR) is 83.9 cm³/mol. The third-order valence-corrected chi connectivity index (χ3v) is 4.32. The van der Waals surface area contributed by atoms with E-state index in [1.54, 1.807) is 27.7 Å². The van der Waals surface area contributed by atoms with E-state index in [-0.39, 0.29) is 17.0 Å². The van der Waals surface area contributed by atoms with E-state index < -0.39 is 0 Å². The van der Waals surface area contributed by atoms with E-state index in [1.807, 2.05) is 24.3 Å². The van der Waals surface area contributed by atoms with Crippen LogP contribution in [0.1, 0.15) is 47.2 Å². The van der Waals surface area contributed by atoms with Crippen molar-refractivity contribution >= 4 is 0 Å². The summed E-state index contributed by atoms with van der Waals surface area (Å²) in [6.07, 6.45) is 0. The second-order valence-electron chi connectivity index (χ2n) is 6.47. The SMILES string of the molecule is Cc1cc(C(C)(C)c2cc(C)c(F)c(C)c2)cc(C)c1F. The molecule has 0 bridgehead atoms. The minimum atomic E-state index is -0.299. The molecule has 0 amide bonds. The van der Waals surface area contributed by atoms with E-state index in [0.29, 0.717) is 22.3 Å². The van der Waals surface area contributed by atoms with E-state index in [1.165, 1.54) is 0 Å². The second kappa shape index (κ2) is 5.25. The molecule has 112 valence electrons. The molecule has 2 aromatic carbocycles. The Hall–Kier alpha value is -1.70. The van der Waals surface area contributed by atoms with Crippen LogP contribution in [0.15, 0.2) is 24.3 Å². The zero-order valence-corrected chi connectivity index (χ0v) is 13.6. The summed E-state index contributed by atoms with van der Waals surface area (Å²) in [7, 11) is 0. The molecule has 2 rings (SSSR count). The van der Waals surface area contributed by atoms with Gasteiger partial charge in [0.25, 0.3) is 0 Å². The molecular weight excluding hydrogens is 266 g/mol. The van der Waals surface area contributed by atoms with Crippen LogP contribution in [0.2, 0.25) is 0 Å². The van der Waals surface area contributed by atoms with Gasteiger partial charge in [-0.3, -0.25) is 0 Å². The van der Waals surface area contributed by atoms with Crippen molar-refractivity contribution in [2.24, 2.45) is 0 Å². The molecule has 0 fully saturated rings. The first-order chi connectivity index (χ1) is 9.64. The quantitative estimate of drug-likeness (QED) is 0.682. The first-order valence-electron chi connectivity index (χ1n) is 7.19. The summed E-state index contributed by atoms with van der Waals surface area (Å²) in [5.74, 6) is -0.304. The summed E-state index contributed by atoms with van der Waals surface area (Å²) in [6, 6.07) is 7.54. The Balaban J connectivity index is 2.61. The number of benzene rings is 2. The Morgan fingerprint density at radius 1 is 0.619 bits per heavy atom. The van der Waals surface area contributed by atoms with Gasteiger partial charge in [0.1, 0.15) is 11.6 Å². The highest BCUT2D eigenvalue weighted by Gasteiger charge is 2.25. The lowest BCUT2D eigenvalue weighted by atomic mass is 9.76. The van der Waals surface area contributed by atoms with Gasteiger partial charge in [0.2, 0.25) is 0 Å². The monoisotopic (exact) mass is 288 g/mol. The largest absolute Gasteiger partial charge is 0.206 e. The van der Waals surface area contributed by atoms with Gasteiger partial charge in [-0.05, 0) is 61.1 Å². The fourth-order valence-corrected chi connectivity index (χ4v) is 2.78. The zero-order valence-electron chi connectivity index (χ0n) is 13.6. The molecule has 21 heavy (non-hydrogen) atoms. The van der Waals surface area contributed by atoms with Crippen LogP contribution in [-0.2, 0) is 5.41 Å². The van der Waals surface area contributed by atoms with Gasteiger partial charge in [0.05, 0.1) is 0 Å². The van der Waals surface area contributed by atoms with E-state index in [0.717, 1.165) is 11.1 Å². The molecule has 0 N–H and O–H groups in total. The summed E-state index contributed by atoms with van der Waals surface area (Å²) >= 11 is 0. The van der Waals surface area contributed by atoms with Crippen LogP contribution in [0.4, 0.5) is 8.78 Å². The molecule has 0 saturated heterocycles. The van der Waals surface area contributed by atoms with E-state index in [2.05, 4.69) is 13.8 Å². The minimum absolute atomic E-state index is 0.152. The maximum absolute atomic E-state index is 13.8. The topological polar surface area (TPSA) is 0 Å². The molecule has 0 saturated carbocycles. The zero-order chi connectivity index (χ0) is 15.9. The normalized spacial score (nSPS) is 11.8. The fourth-order valence-electron chi connectivity index (χ4n) is 2.78. The average Bonchev–Trinajstić information content (AvgIpc) is 2.40. The number of halogens is 2. The van der Waals surface area contributed by atoms with E-state index in [4.69, 9.17) is 0 Å². The molecule has 0 spiro atoms. The van der Waals surface area contributed by atoms with Crippen LogP contribution >= 0.6 is 0 Å². The highest BCUT2D eigenvalue weighted by molar-refractivity contribution is 5.44. The number of hydrogen-bond acceptors (Lipinski definition) is 0. The van der Waals surface area contributed by atoms with Crippen LogP contribution in [0, 0.1) is 39.3 Å². The van der Waals surface area contributed by atoms with Gasteiger partial charge < -0.3 is 0 Å². The van der Waals surface area contributed by atoms with Crippen molar-refractivity contribution in [1.82, 2.24) is 0 Å². The van der Waals surface area contributed by atoms with Gasteiger partial charge in [-0.1, -0.05) is 38.1 Å². The van der Waals surface area contributed by atoms with Crippen LogP contribution in [-0.4, -0.2) is 0 Å². The highest BCUT2D eigenvalue weighted by atomic mass is 19.1. The summed E-state index contributed by atoms with van der Waals surface area (Å²) in [5, 5.41) is 0. The lowest BCUT2D eigenvalue weighted by molar-refractivity contribution is 0.589. The molecule has 0 atom stereocenters. The third kappa shape index (κ3) is 2.72. The van der Waals surface area contributed by atoms with Gasteiger partial charge in [-0.25, -0.2) is 8.78 Å². The minimum Gasteiger partial charge on any atom is -0.206 e. The van der Waals surface area contributed by atoms with E-state index >= 15 is 0 Å². The average molecular weight is 288 g/mol. The Labute approximate surface area is 125 Å². The Bertz CT molecular complexity index is 591. The molecule has 0 aliphatic carbocycles. The van der Waals surface area contributed by atoms with Gasteiger partial charge >= 0.3 is 0 Å². The molecule has 0 heterocycles. The molecule has 0 unspecified atom stereocenters. The second-order valence-corrected chi connectivity index (χ2v) is 6.47. The predicted octanol–water partition coefficient (Wildman–Crippen LogP) is 5.52. The van der Waals surface area contributed by atoms with Crippen LogP contribution in [0.5, 0.6) is 0 Å². The molecule has 2 heteroatoms. The lowest BCUT2D eigenvalue weighted by Gasteiger charge is -2.28. The first kappa shape index (κ1) is 15.7. The Kier molecular flexibility index (Phi) is 3.92. The maximum Gasteiger partial charge on any atom is 0.129 e. The maximum atomic E-state index is 13.8. The molecule has 0 aliphatic heterocycles. The summed E-state index contributed by atoms with van der Waals surface area (Å²) in [6.45, 7) is 11.3. The number of rotatable bonds is 2. The van der Waals surface area contributed by atoms with Crippen molar-refractivity contribution in [2.45, 2.75) is 47.0 Å². The van der Waals surface area contributed by atoms with Crippen molar-refractivity contribution in [3.8, 4) is 0 Å². The van der Waals surface area contributed by atoms with Crippen molar-refractivity contribution in [3.05, 3.63) is 69.3 Å². The molecule has 0 nitrogen and oxygen atoms in total. The van der Waals surface area contributed by atoms with Gasteiger partial charge in [0, 0.05) is 5.41 Å². The van der Waals surface area contributed by atoms with Crippen LogP contribution in [0.25, 0.3) is 0 Å². The standard InChI is InChI=1S/C19H22F2/c1-11-7-15(8-12(2)17(11)20)19(5,6)16-9-13(3)18(21)14(4)10-16/h7-10H,1-6H3. The van der Waals surface area contributed by atoms with Crippen molar-refractivity contribution in [1.29, 1.82) is 0 Å². The van der Waals surface area contributed by atoms with E-state index in [9.17, 15) is 8.78 Å². The first-order valence-corrected chi connectivity index (χ1v) is 7.19. The Morgan fingerprint density at radius 3 is 1.10 bits per heavy atom. The molecule has 0 radical (unpaired) electrons. The number of hydrogen-bond donors (Lipinski definition) is 0. The van der Waals surface area contributed by atoms with Gasteiger partial charge in [-0.2, -0.15) is 0 Å². The summed E-state index contributed by atoms with van der Waals surface area (Å²) < 4.78 is 27.7. The highest BCUT2D eigenvalue weighted by Crippen LogP contribution is 2.35. The number of aryl methyl sites for hydroxylation is 4. The van der Waals surface area contributed by atoms with Crippen molar-refractivity contribution in [3.63, 3.8) is 0 Å². The van der Waals surface area contributed by atoms with Gasteiger partial charge in [-0.15, -0.1) is 0 Å². The molecule has 2 aromatic rings. The fraction of sp³-hybridized carbons (Fsp3) is 0.368. The van der Waals surface area contributed by atoms with Crippen LogP contribution < -0.4 is 0 Å². The summed E-state index contributed by atoms with van der Waals surface area (Å²) in [5.41, 5.74) is 4.38. The van der Waals surface area contributed by atoms with Crippen LogP contribution in [0.3, 0.4) is 0 Å². The van der Waals surface area contributed by atoms with Gasteiger partial charge in [0.15, 0.2) is 0 Å². The lowest BCUT2D eigenvalue weighted by Crippen LogP contribution is -2.20. The molecule has 0 aromatic heterocycles. The summed E-state index contributed by atoms with van der Waals surface area (Å²) in [4.78, 5) is 0.